The summed E-state index contributed by atoms with van der Waals surface area (Å²) in [6.45, 7) is 10.3. The second kappa shape index (κ2) is 13.5. The Labute approximate surface area is 77.7 Å². The van der Waals surface area contributed by atoms with Gasteiger partial charge in [-0.25, -0.2) is 0 Å². The van der Waals surface area contributed by atoms with Crippen LogP contribution < -0.4 is 5.32 Å². The normalized spacial score (nSPS) is 11.8. The Bertz CT molecular complexity index is 66.9. The molecular weight excluding hydrogens is 150 g/mol. The van der Waals surface area contributed by atoms with E-state index in [4.69, 9.17) is 4.74 Å². The largest absolute Gasteiger partial charge is 0.385 e. The fraction of sp³-hybridized carbons (Fsp3) is 1.00. The van der Waals surface area contributed by atoms with E-state index in [9.17, 15) is 0 Å². The molecule has 1 N–H and O–H groups in total. The Kier molecular flexibility index (Phi) is 16.3. The lowest BCUT2D eigenvalue weighted by atomic mass is 10.1. The van der Waals surface area contributed by atoms with Crippen LogP contribution in [0.4, 0.5) is 0 Å². The Morgan fingerprint density at radius 2 is 1.83 bits per heavy atom. The van der Waals surface area contributed by atoms with Crippen LogP contribution in [0.2, 0.25) is 0 Å². The average molecular weight is 175 g/mol. The second-order valence-corrected chi connectivity index (χ2v) is 2.44. The third-order valence-corrected chi connectivity index (χ3v) is 1.66. The van der Waals surface area contributed by atoms with Crippen molar-refractivity contribution in [1.82, 2.24) is 5.32 Å². The van der Waals surface area contributed by atoms with Gasteiger partial charge in [0.1, 0.15) is 0 Å². The molecule has 0 saturated heterocycles. The highest BCUT2D eigenvalue weighted by atomic mass is 16.5. The summed E-state index contributed by atoms with van der Waals surface area (Å²) in [4.78, 5) is 0. The predicted molar refractivity (Wildman–Crippen MR) is 55.6 cm³/mol. The molecule has 2 heteroatoms. The lowest BCUT2D eigenvalue weighted by Gasteiger charge is -2.14. The molecule has 0 aromatic heterocycles. The Hall–Kier alpha value is -0.0800. The molecule has 0 aromatic rings. The molecule has 0 fully saturated rings. The van der Waals surface area contributed by atoms with Crippen molar-refractivity contribution >= 4 is 0 Å². The highest BCUT2D eigenvalue weighted by molar-refractivity contribution is 4.62. The maximum atomic E-state index is 4.98. The van der Waals surface area contributed by atoms with Gasteiger partial charge >= 0.3 is 0 Å². The Morgan fingerprint density at radius 1 is 1.25 bits per heavy atom. The fourth-order valence-electron chi connectivity index (χ4n) is 0.999. The quantitative estimate of drug-likeness (QED) is 0.669. The van der Waals surface area contributed by atoms with Crippen LogP contribution in [-0.2, 0) is 4.74 Å². The first-order valence-electron chi connectivity index (χ1n) is 5.07. The molecule has 0 radical (unpaired) electrons. The van der Waals surface area contributed by atoms with E-state index in [0.717, 1.165) is 19.6 Å². The van der Waals surface area contributed by atoms with E-state index in [0.29, 0.717) is 6.04 Å². The summed E-state index contributed by atoms with van der Waals surface area (Å²) in [7, 11) is 1.75. The van der Waals surface area contributed by atoms with Crippen LogP contribution in [0, 0.1) is 0 Å². The molecule has 2 nitrogen and oxygen atoms in total. The molecule has 0 aliphatic heterocycles. The van der Waals surface area contributed by atoms with E-state index in [2.05, 4.69) is 19.2 Å². The summed E-state index contributed by atoms with van der Waals surface area (Å²) in [5.74, 6) is 0. The van der Waals surface area contributed by atoms with Gasteiger partial charge in [0.25, 0.3) is 0 Å². The second-order valence-electron chi connectivity index (χ2n) is 2.44. The minimum atomic E-state index is 0.643. The van der Waals surface area contributed by atoms with Gasteiger partial charge in [0, 0.05) is 19.8 Å². The first-order chi connectivity index (χ1) is 5.85. The third kappa shape index (κ3) is 9.92. The lowest BCUT2D eigenvalue weighted by molar-refractivity contribution is 0.182. The minimum Gasteiger partial charge on any atom is -0.385 e. The van der Waals surface area contributed by atoms with Crippen LogP contribution in [0.3, 0.4) is 0 Å². The monoisotopic (exact) mass is 175 g/mol. The van der Waals surface area contributed by atoms with Crippen molar-refractivity contribution in [2.75, 3.05) is 20.3 Å². The van der Waals surface area contributed by atoms with Crippen molar-refractivity contribution in [3.05, 3.63) is 0 Å². The Balaban J connectivity index is 0. The summed E-state index contributed by atoms with van der Waals surface area (Å²) < 4.78 is 4.98. The smallest absolute Gasteiger partial charge is 0.0477 e. The van der Waals surface area contributed by atoms with E-state index in [1.807, 2.05) is 13.8 Å². The standard InChI is InChI=1S/C8H19NO.C2H6/c1-4-8(9-5-2)6-7-10-3;1-2/h8-9H,4-7H2,1-3H3;1-2H3. The summed E-state index contributed by atoms with van der Waals surface area (Å²) in [6, 6.07) is 0.643. The SMILES string of the molecule is CC.CCNC(CC)CCOC. The Morgan fingerprint density at radius 3 is 2.17 bits per heavy atom. The number of rotatable bonds is 6. The molecule has 0 saturated carbocycles. The molecule has 76 valence electrons. The molecule has 0 bridgehead atoms. The molecule has 1 atom stereocenters. The number of ether oxygens (including phenoxy) is 1. The number of nitrogens with one attached hydrogen (secondary N) is 1. The van der Waals surface area contributed by atoms with Crippen molar-refractivity contribution < 1.29 is 4.74 Å². The van der Waals surface area contributed by atoms with Gasteiger partial charge in [0.15, 0.2) is 0 Å². The van der Waals surface area contributed by atoms with Crippen molar-refractivity contribution in [1.29, 1.82) is 0 Å². The molecule has 0 spiro atoms. The molecule has 0 aliphatic carbocycles. The lowest BCUT2D eigenvalue weighted by Crippen LogP contribution is -2.29. The zero-order valence-corrected chi connectivity index (χ0v) is 9.31. The van der Waals surface area contributed by atoms with E-state index in [1.54, 1.807) is 7.11 Å². The van der Waals surface area contributed by atoms with Gasteiger partial charge in [-0.1, -0.05) is 27.7 Å². The van der Waals surface area contributed by atoms with E-state index in [-0.39, 0.29) is 0 Å². The van der Waals surface area contributed by atoms with Crippen LogP contribution >= 0.6 is 0 Å². The summed E-state index contributed by atoms with van der Waals surface area (Å²) in [6.07, 6.45) is 2.32. The summed E-state index contributed by atoms with van der Waals surface area (Å²) in [5, 5.41) is 3.39. The van der Waals surface area contributed by atoms with Gasteiger partial charge in [0.05, 0.1) is 0 Å². The van der Waals surface area contributed by atoms with Gasteiger partial charge in [-0.05, 0) is 19.4 Å². The number of methoxy groups -OCH3 is 1. The molecule has 0 amide bonds. The summed E-state index contributed by atoms with van der Waals surface area (Å²) >= 11 is 0. The maximum absolute atomic E-state index is 4.98. The van der Waals surface area contributed by atoms with E-state index >= 15 is 0 Å². The first kappa shape index (κ1) is 14.4. The molecule has 0 heterocycles. The van der Waals surface area contributed by atoms with Crippen LogP contribution in [0.25, 0.3) is 0 Å². The van der Waals surface area contributed by atoms with Crippen molar-refractivity contribution in [3.8, 4) is 0 Å². The first-order valence-corrected chi connectivity index (χ1v) is 5.07. The van der Waals surface area contributed by atoms with Gasteiger partial charge in [-0.15, -0.1) is 0 Å². The van der Waals surface area contributed by atoms with Crippen molar-refractivity contribution in [2.24, 2.45) is 0 Å². The molecule has 12 heavy (non-hydrogen) atoms. The molecule has 1 unspecified atom stereocenters. The van der Waals surface area contributed by atoms with Crippen LogP contribution in [0.15, 0.2) is 0 Å². The van der Waals surface area contributed by atoms with Gasteiger partial charge in [0.2, 0.25) is 0 Å². The average Bonchev–Trinajstić information content (AvgIpc) is 2.15. The topological polar surface area (TPSA) is 21.3 Å². The van der Waals surface area contributed by atoms with Gasteiger partial charge in [-0.2, -0.15) is 0 Å². The number of hydrogen-bond donors (Lipinski definition) is 1. The van der Waals surface area contributed by atoms with E-state index in [1.165, 1.54) is 6.42 Å². The highest BCUT2D eigenvalue weighted by Crippen LogP contribution is 1.96. The van der Waals surface area contributed by atoms with Crippen molar-refractivity contribution in [2.45, 2.75) is 46.6 Å². The fourth-order valence-corrected chi connectivity index (χ4v) is 0.999. The molecule has 0 aliphatic rings. The third-order valence-electron chi connectivity index (χ3n) is 1.66. The maximum Gasteiger partial charge on any atom is 0.0477 e. The minimum absolute atomic E-state index is 0.643. The highest BCUT2D eigenvalue weighted by Gasteiger charge is 2.01. The van der Waals surface area contributed by atoms with Crippen molar-refractivity contribution in [3.63, 3.8) is 0 Å². The predicted octanol–water partition coefficient (Wildman–Crippen LogP) is 2.44. The van der Waals surface area contributed by atoms with E-state index < -0.39 is 0 Å². The molecule has 0 rings (SSSR count). The van der Waals surface area contributed by atoms with Crippen LogP contribution in [0.5, 0.6) is 0 Å². The zero-order valence-electron chi connectivity index (χ0n) is 9.31. The summed E-state index contributed by atoms with van der Waals surface area (Å²) in [5.41, 5.74) is 0. The zero-order chi connectivity index (χ0) is 9.82. The molecular formula is C10H25NO. The van der Waals surface area contributed by atoms with Crippen LogP contribution in [-0.4, -0.2) is 26.3 Å². The van der Waals surface area contributed by atoms with Crippen LogP contribution in [0.1, 0.15) is 40.5 Å². The van der Waals surface area contributed by atoms with Gasteiger partial charge < -0.3 is 10.1 Å². The number of hydrogen-bond acceptors (Lipinski definition) is 2. The van der Waals surface area contributed by atoms with Gasteiger partial charge in [-0.3, -0.25) is 0 Å². The molecule has 0 aromatic carbocycles.